The molecule has 0 saturated carbocycles. The fourth-order valence-electron chi connectivity index (χ4n) is 14.2. The van der Waals surface area contributed by atoms with Gasteiger partial charge in [-0.2, -0.15) is 0 Å². The molecule has 1 nitrogen and oxygen atoms in total. The van der Waals surface area contributed by atoms with E-state index in [4.69, 9.17) is 0 Å². The van der Waals surface area contributed by atoms with Crippen LogP contribution >= 0.6 is 22.7 Å². The van der Waals surface area contributed by atoms with Crippen LogP contribution in [0.4, 0.5) is 0 Å². The average Bonchev–Trinajstić information content (AvgIpc) is 1.84. The van der Waals surface area contributed by atoms with E-state index in [0.29, 0.717) is 0 Å². The van der Waals surface area contributed by atoms with Crippen molar-refractivity contribution < 1.29 is 0 Å². The van der Waals surface area contributed by atoms with E-state index in [-0.39, 0.29) is 5.92 Å². The molecule has 3 aromatic heterocycles. The molecule has 0 spiro atoms. The lowest BCUT2D eigenvalue weighted by atomic mass is 9.87. The van der Waals surface area contributed by atoms with E-state index in [1.54, 1.807) is 0 Å². The van der Waals surface area contributed by atoms with Crippen molar-refractivity contribution in [1.29, 1.82) is 0 Å². The Bertz CT molecular complexity index is 5410. The minimum absolute atomic E-state index is 0.239. The maximum atomic E-state index is 2.53. The summed E-state index contributed by atoms with van der Waals surface area (Å²) in [6.45, 7) is 0. The van der Waals surface area contributed by atoms with Gasteiger partial charge in [0.25, 0.3) is 0 Å². The van der Waals surface area contributed by atoms with E-state index in [0.717, 1.165) is 6.42 Å². The quantitative estimate of drug-likeness (QED) is 0.134. The van der Waals surface area contributed by atoms with Gasteiger partial charge in [-0.25, -0.2) is 0 Å². The molecule has 0 aliphatic heterocycles. The van der Waals surface area contributed by atoms with Gasteiger partial charge in [0.05, 0.1) is 11.0 Å². The van der Waals surface area contributed by atoms with Crippen molar-refractivity contribution in [3.63, 3.8) is 0 Å². The zero-order valence-corrected chi connectivity index (χ0v) is 49.0. The van der Waals surface area contributed by atoms with Gasteiger partial charge >= 0.3 is 0 Å². The van der Waals surface area contributed by atoms with Gasteiger partial charge in [-0.05, 0) is 185 Å². The van der Waals surface area contributed by atoms with Crippen molar-refractivity contribution >= 4 is 123 Å². The summed E-state index contributed by atoms with van der Waals surface area (Å²) in [7, 11) is 0. The highest BCUT2D eigenvalue weighted by atomic mass is 32.1. The minimum Gasteiger partial charge on any atom is -0.310 e. The second-order valence-electron chi connectivity index (χ2n) is 23.4. The minimum atomic E-state index is 0.239. The molecular weight excluding hydrogens is 1090 g/mol. The van der Waals surface area contributed by atoms with Gasteiger partial charge < -0.3 is 4.57 Å². The molecule has 0 N–H and O–H groups in total. The van der Waals surface area contributed by atoms with Crippen molar-refractivity contribution in [3.05, 3.63) is 309 Å². The first-order valence-electron chi connectivity index (χ1n) is 30.1. The summed E-state index contributed by atoms with van der Waals surface area (Å²) >= 11 is 3.81. The van der Waals surface area contributed by atoms with Crippen LogP contribution in [0.3, 0.4) is 0 Å². The number of rotatable bonds is 8. The number of aromatic nitrogens is 1. The van der Waals surface area contributed by atoms with Crippen molar-refractivity contribution in [2.24, 2.45) is 0 Å². The van der Waals surface area contributed by atoms with Gasteiger partial charge in [0, 0.05) is 73.9 Å². The zero-order valence-electron chi connectivity index (χ0n) is 47.4. The number of nitrogens with zero attached hydrogens (tertiary/aromatic N) is 1. The summed E-state index contributed by atoms with van der Waals surface area (Å²) in [6.07, 6.45) is 8.21. The number of allylic oxidation sites excluding steroid dienone is 4. The topological polar surface area (TPSA) is 4.93 Å². The van der Waals surface area contributed by atoms with Crippen LogP contribution in [0.1, 0.15) is 17.9 Å². The molecule has 17 aromatic rings. The third kappa shape index (κ3) is 8.26. The van der Waals surface area contributed by atoms with Gasteiger partial charge in [-0.3, -0.25) is 0 Å². The molecule has 1 aliphatic carbocycles. The highest BCUT2D eigenvalue weighted by Crippen LogP contribution is 2.49. The lowest BCUT2D eigenvalue weighted by Crippen LogP contribution is -2.03. The number of hydrogen-bond acceptors (Lipinski definition) is 2. The van der Waals surface area contributed by atoms with Crippen molar-refractivity contribution in [2.45, 2.75) is 12.3 Å². The standard InChI is InChI=1S/C84H53NS2/c1-5-17-52(18-6-1)58-34-41-81-75(44-58)77-50-62(54-21-9-3-10-22-54)48-70(83(77)86-81)60-32-39-79-73(46-60)74-47-61(71-49-63(55-23-11-4-12-24-55)51-78-76-45-59(53-19-7-2-8-20-53)35-42-82(76)87-84(71)78)33-40-80(74)85(79)64-36-29-56(30-37-64)57-31-38-69-67-27-14-13-25-65(67)66-26-15-16-28-68(66)72(69)43-57/h1-29,31-51,56H,30H2. The van der Waals surface area contributed by atoms with Crippen LogP contribution in [0.2, 0.25) is 0 Å². The zero-order chi connectivity index (χ0) is 57.1. The van der Waals surface area contributed by atoms with Crippen LogP contribution in [0.15, 0.2) is 303 Å². The van der Waals surface area contributed by atoms with E-state index >= 15 is 0 Å². The van der Waals surface area contributed by atoms with Crippen molar-refractivity contribution in [1.82, 2.24) is 4.57 Å². The molecular formula is C84H53NS2. The van der Waals surface area contributed by atoms with Gasteiger partial charge in [0.2, 0.25) is 0 Å². The molecule has 1 atom stereocenters. The Morgan fingerprint density at radius 1 is 0.276 bits per heavy atom. The van der Waals surface area contributed by atoms with E-state index in [9.17, 15) is 0 Å². The first-order chi connectivity index (χ1) is 43.1. The van der Waals surface area contributed by atoms with Crippen LogP contribution < -0.4 is 0 Å². The maximum absolute atomic E-state index is 2.53. The molecule has 3 heterocycles. The molecule has 0 amide bonds. The van der Waals surface area contributed by atoms with Crippen LogP contribution in [0.5, 0.6) is 0 Å². The summed E-state index contributed by atoms with van der Waals surface area (Å²) in [6, 6.07) is 107. The Morgan fingerprint density at radius 2 is 0.667 bits per heavy atom. The lowest BCUT2D eigenvalue weighted by molar-refractivity contribution is 0.852. The number of hydrogen-bond donors (Lipinski definition) is 0. The third-order valence-electron chi connectivity index (χ3n) is 18.5. The summed E-state index contributed by atoms with van der Waals surface area (Å²) < 4.78 is 7.72. The van der Waals surface area contributed by atoms with Crippen LogP contribution in [-0.4, -0.2) is 4.57 Å². The molecule has 0 saturated heterocycles. The molecule has 14 aromatic carbocycles. The molecule has 0 radical (unpaired) electrons. The Balaban J connectivity index is 0.834. The first kappa shape index (κ1) is 50.0. The van der Waals surface area contributed by atoms with Crippen LogP contribution in [0, 0.1) is 0 Å². The number of fused-ring (bicyclic) bond motifs is 15. The SMILES string of the molecule is C1=CC(c2ccc3c4ccccc4c4ccccc4c3c2)CC=C1n1c2ccc(-c3cc(-c4ccccc4)cc4c3sc3ccc(-c5ccccc5)cc34)cc2c2cc(-c3cc(-c4ccccc4)cc4c3sc3ccc(-c5ccccc5)cc34)ccc21. The number of thiophene rings is 2. The van der Waals surface area contributed by atoms with E-state index < -0.39 is 0 Å². The van der Waals surface area contributed by atoms with E-state index in [2.05, 4.69) is 308 Å². The molecule has 1 aliphatic rings. The normalized spacial score (nSPS) is 13.6. The van der Waals surface area contributed by atoms with Gasteiger partial charge in [-0.1, -0.05) is 218 Å². The average molecular weight is 1140 g/mol. The number of benzene rings is 14. The Kier molecular flexibility index (Phi) is 11.5. The fourth-order valence-corrected chi connectivity index (χ4v) is 16.6. The summed E-state index contributed by atoms with van der Waals surface area (Å²) in [5.74, 6) is 0.239. The summed E-state index contributed by atoms with van der Waals surface area (Å²) in [5.41, 5.74) is 19.6. The second kappa shape index (κ2) is 20.1. The molecule has 1 unspecified atom stereocenters. The Labute approximate surface area is 511 Å². The monoisotopic (exact) mass is 1140 g/mol. The van der Waals surface area contributed by atoms with E-state index in [1.165, 1.54) is 172 Å². The van der Waals surface area contributed by atoms with Gasteiger partial charge in [0.1, 0.15) is 0 Å². The third-order valence-corrected chi connectivity index (χ3v) is 20.9. The fraction of sp³-hybridized carbons (Fsp3) is 0.0238. The van der Waals surface area contributed by atoms with Crippen LogP contribution in [-0.2, 0) is 0 Å². The largest absolute Gasteiger partial charge is 0.310 e. The molecule has 0 fully saturated rings. The first-order valence-corrected chi connectivity index (χ1v) is 31.8. The predicted octanol–water partition coefficient (Wildman–Crippen LogP) is 24.6. The predicted molar refractivity (Wildman–Crippen MR) is 378 cm³/mol. The van der Waals surface area contributed by atoms with Crippen molar-refractivity contribution in [2.75, 3.05) is 0 Å². The van der Waals surface area contributed by atoms with Gasteiger partial charge in [0.15, 0.2) is 0 Å². The summed E-state index contributed by atoms with van der Waals surface area (Å²) in [4.78, 5) is 0. The Hall–Kier alpha value is -10.4. The van der Waals surface area contributed by atoms with E-state index in [1.807, 2.05) is 22.7 Å². The smallest absolute Gasteiger partial charge is 0.0541 e. The molecule has 0 bridgehead atoms. The molecule has 3 heteroatoms. The Morgan fingerprint density at radius 3 is 1.11 bits per heavy atom. The highest BCUT2D eigenvalue weighted by Gasteiger charge is 2.23. The summed E-state index contributed by atoms with van der Waals surface area (Å²) in [5, 5.41) is 15.5. The molecule has 18 rings (SSSR count). The second-order valence-corrected chi connectivity index (χ2v) is 25.5. The van der Waals surface area contributed by atoms with Crippen LogP contribution in [0.25, 0.3) is 167 Å². The molecule has 87 heavy (non-hydrogen) atoms. The highest BCUT2D eigenvalue weighted by molar-refractivity contribution is 7.26. The molecule has 406 valence electrons. The lowest BCUT2D eigenvalue weighted by Gasteiger charge is -2.20. The van der Waals surface area contributed by atoms with Gasteiger partial charge in [-0.15, -0.1) is 22.7 Å². The maximum Gasteiger partial charge on any atom is 0.0541 e. The van der Waals surface area contributed by atoms with Crippen molar-refractivity contribution in [3.8, 4) is 66.8 Å².